The zero-order valence-corrected chi connectivity index (χ0v) is 18.9. The lowest BCUT2D eigenvalue weighted by atomic mass is 10.0. The van der Waals surface area contributed by atoms with Crippen LogP contribution in [0.4, 0.5) is 5.82 Å². The largest absolute Gasteiger partial charge is 0.456 e. The van der Waals surface area contributed by atoms with E-state index in [1.165, 1.54) is 6.08 Å². The van der Waals surface area contributed by atoms with E-state index in [2.05, 4.69) is 16.7 Å². The monoisotopic (exact) mass is 460 g/mol. The van der Waals surface area contributed by atoms with Crippen LogP contribution in [0.2, 0.25) is 0 Å². The minimum Gasteiger partial charge on any atom is -0.456 e. The number of anilines is 1. The van der Waals surface area contributed by atoms with Gasteiger partial charge in [-0.1, -0.05) is 24.8 Å². The van der Waals surface area contributed by atoms with E-state index < -0.39 is 5.91 Å². The van der Waals surface area contributed by atoms with Crippen LogP contribution >= 0.6 is 0 Å². The Morgan fingerprint density at radius 2 is 1.85 bits per heavy atom. The lowest BCUT2D eigenvalue weighted by Gasteiger charge is -2.28. The number of hydrogen-bond acceptors (Lipinski definition) is 6. The Bertz CT molecular complexity index is 1170. The maximum absolute atomic E-state index is 12.3. The standard InChI is InChI=1S/C25H28N6O3/c1-2-21(32)30-14-7-6-8-17(13-15-30)31-24(26)22(25(27)33)23(29-31)20-12-11-19(16-28-20)34-18-9-4-3-5-10-18/h2-5,9-12,16-17H,1,6-8,13-15,26H2,(H2,27,33)/t17-/m0/s1. The van der Waals surface area contributed by atoms with Gasteiger partial charge in [-0.05, 0) is 56.0 Å². The second kappa shape index (κ2) is 10.2. The van der Waals surface area contributed by atoms with Crippen LogP contribution in [-0.4, -0.2) is 44.6 Å². The highest BCUT2D eigenvalue weighted by molar-refractivity contribution is 6.03. The number of pyridine rings is 1. The van der Waals surface area contributed by atoms with E-state index >= 15 is 0 Å². The van der Waals surface area contributed by atoms with E-state index in [1.807, 2.05) is 30.3 Å². The van der Waals surface area contributed by atoms with Crippen LogP contribution in [0.3, 0.4) is 0 Å². The van der Waals surface area contributed by atoms with Crippen LogP contribution in [0.5, 0.6) is 11.5 Å². The minimum absolute atomic E-state index is 0.0760. The molecular weight excluding hydrogens is 432 g/mol. The number of benzene rings is 1. The van der Waals surface area contributed by atoms with Crippen molar-refractivity contribution in [1.29, 1.82) is 0 Å². The fourth-order valence-electron chi connectivity index (χ4n) is 4.19. The Balaban J connectivity index is 1.61. The number of amides is 2. The van der Waals surface area contributed by atoms with Gasteiger partial charge in [0.1, 0.15) is 28.6 Å². The number of nitrogens with two attached hydrogens (primary N) is 2. The van der Waals surface area contributed by atoms with Crippen molar-refractivity contribution in [2.45, 2.75) is 31.7 Å². The number of primary amides is 1. The third-order valence-corrected chi connectivity index (χ3v) is 5.93. The molecule has 1 aliphatic rings. The molecule has 3 heterocycles. The van der Waals surface area contributed by atoms with Gasteiger partial charge in [0.15, 0.2) is 0 Å². The van der Waals surface area contributed by atoms with E-state index in [-0.39, 0.29) is 23.3 Å². The summed E-state index contributed by atoms with van der Waals surface area (Å²) in [5.41, 5.74) is 13.0. The maximum atomic E-state index is 12.3. The molecule has 9 nitrogen and oxygen atoms in total. The smallest absolute Gasteiger partial charge is 0.254 e. The molecule has 0 aliphatic carbocycles. The predicted octanol–water partition coefficient (Wildman–Crippen LogP) is 3.55. The van der Waals surface area contributed by atoms with Gasteiger partial charge >= 0.3 is 0 Å². The number of nitrogen functional groups attached to an aromatic ring is 1. The number of aromatic nitrogens is 3. The van der Waals surface area contributed by atoms with Crippen molar-refractivity contribution in [2.24, 2.45) is 5.73 Å². The predicted molar refractivity (Wildman–Crippen MR) is 129 cm³/mol. The van der Waals surface area contributed by atoms with E-state index in [9.17, 15) is 9.59 Å². The molecule has 0 radical (unpaired) electrons. The molecule has 1 atom stereocenters. The van der Waals surface area contributed by atoms with Gasteiger partial charge in [-0.15, -0.1) is 0 Å². The first-order valence-corrected chi connectivity index (χ1v) is 11.3. The molecule has 34 heavy (non-hydrogen) atoms. The molecule has 1 aromatic carbocycles. The van der Waals surface area contributed by atoms with Gasteiger partial charge in [-0.25, -0.2) is 4.68 Å². The Hall–Kier alpha value is -4.14. The zero-order valence-electron chi connectivity index (χ0n) is 18.9. The summed E-state index contributed by atoms with van der Waals surface area (Å²) in [6, 6.07) is 12.8. The first-order chi connectivity index (χ1) is 16.5. The maximum Gasteiger partial charge on any atom is 0.254 e. The summed E-state index contributed by atoms with van der Waals surface area (Å²) in [7, 11) is 0. The van der Waals surface area contributed by atoms with E-state index in [0.29, 0.717) is 42.4 Å². The summed E-state index contributed by atoms with van der Waals surface area (Å²) < 4.78 is 7.45. The van der Waals surface area contributed by atoms with Gasteiger partial charge in [-0.3, -0.25) is 14.6 Å². The number of para-hydroxylation sites is 1. The van der Waals surface area contributed by atoms with Crippen molar-refractivity contribution in [3.63, 3.8) is 0 Å². The van der Waals surface area contributed by atoms with Crippen molar-refractivity contribution in [3.05, 3.63) is 66.9 Å². The normalized spacial score (nSPS) is 16.4. The molecule has 0 unspecified atom stereocenters. The molecule has 1 aliphatic heterocycles. The molecule has 4 N–H and O–H groups in total. The molecular formula is C25H28N6O3. The molecule has 0 spiro atoms. The van der Waals surface area contributed by atoms with Crippen LogP contribution in [0.1, 0.15) is 42.1 Å². The summed E-state index contributed by atoms with van der Waals surface area (Å²) >= 11 is 0. The second-order valence-electron chi connectivity index (χ2n) is 8.18. The van der Waals surface area contributed by atoms with Crippen molar-refractivity contribution < 1.29 is 14.3 Å². The van der Waals surface area contributed by atoms with Gasteiger partial charge in [0, 0.05) is 13.1 Å². The van der Waals surface area contributed by atoms with Crippen LogP contribution in [0.25, 0.3) is 11.4 Å². The Kier molecular flexibility index (Phi) is 6.91. The van der Waals surface area contributed by atoms with E-state index in [4.69, 9.17) is 16.2 Å². The van der Waals surface area contributed by atoms with Crippen molar-refractivity contribution in [1.82, 2.24) is 19.7 Å². The third kappa shape index (κ3) is 4.93. The number of carbonyl (C=O) groups excluding carboxylic acids is 2. The lowest BCUT2D eigenvalue weighted by Crippen LogP contribution is -2.34. The Morgan fingerprint density at radius 3 is 2.53 bits per heavy atom. The number of hydrogen-bond donors (Lipinski definition) is 2. The van der Waals surface area contributed by atoms with Gasteiger partial charge in [0.25, 0.3) is 5.91 Å². The van der Waals surface area contributed by atoms with E-state index in [0.717, 1.165) is 19.3 Å². The summed E-state index contributed by atoms with van der Waals surface area (Å²) in [4.78, 5) is 30.6. The highest BCUT2D eigenvalue weighted by Gasteiger charge is 2.27. The molecule has 2 aromatic heterocycles. The SMILES string of the molecule is C=CC(=O)N1CCCC[C@H](n2nc(-c3ccc(Oc4ccccc4)cn3)c(C(N)=O)c2N)CC1. The fraction of sp³-hybridized carbons (Fsp3) is 0.280. The number of ether oxygens (including phenoxy) is 1. The number of likely N-dealkylation sites (tertiary alicyclic amines) is 1. The van der Waals surface area contributed by atoms with Crippen molar-refractivity contribution in [3.8, 4) is 22.9 Å². The molecule has 4 rings (SSSR count). The summed E-state index contributed by atoms with van der Waals surface area (Å²) in [5.74, 6) is 0.696. The molecule has 0 bridgehead atoms. The minimum atomic E-state index is -0.667. The summed E-state index contributed by atoms with van der Waals surface area (Å²) in [5, 5.41) is 4.66. The van der Waals surface area contributed by atoms with Crippen molar-refractivity contribution in [2.75, 3.05) is 18.8 Å². The molecule has 9 heteroatoms. The summed E-state index contributed by atoms with van der Waals surface area (Å²) in [6.07, 6.45) is 6.15. The van der Waals surface area contributed by atoms with Crippen LogP contribution in [0, 0.1) is 0 Å². The first kappa shape index (κ1) is 23.0. The molecule has 1 fully saturated rings. The number of carbonyl (C=O) groups is 2. The quantitative estimate of drug-likeness (QED) is 0.541. The molecule has 2 amide bonds. The average molecular weight is 461 g/mol. The van der Waals surface area contributed by atoms with Crippen molar-refractivity contribution >= 4 is 17.6 Å². The average Bonchev–Trinajstić information content (AvgIpc) is 3.17. The molecule has 176 valence electrons. The molecule has 3 aromatic rings. The van der Waals surface area contributed by atoms with Crippen LogP contribution in [0.15, 0.2) is 61.3 Å². The fourth-order valence-corrected chi connectivity index (χ4v) is 4.19. The highest BCUT2D eigenvalue weighted by atomic mass is 16.5. The Morgan fingerprint density at radius 1 is 1.06 bits per heavy atom. The number of rotatable bonds is 6. The third-order valence-electron chi connectivity index (χ3n) is 5.93. The van der Waals surface area contributed by atoms with Crippen LogP contribution in [-0.2, 0) is 4.79 Å². The second-order valence-corrected chi connectivity index (χ2v) is 8.18. The first-order valence-electron chi connectivity index (χ1n) is 11.3. The highest BCUT2D eigenvalue weighted by Crippen LogP contribution is 2.32. The lowest BCUT2D eigenvalue weighted by molar-refractivity contribution is -0.126. The molecule has 0 saturated carbocycles. The number of nitrogens with zero attached hydrogens (tertiary/aromatic N) is 4. The van der Waals surface area contributed by atoms with Gasteiger partial charge < -0.3 is 21.1 Å². The van der Waals surface area contributed by atoms with Gasteiger partial charge in [0.05, 0.1) is 17.9 Å². The van der Waals surface area contributed by atoms with Gasteiger partial charge in [0.2, 0.25) is 5.91 Å². The summed E-state index contributed by atoms with van der Waals surface area (Å²) in [6.45, 7) is 4.84. The van der Waals surface area contributed by atoms with Crippen LogP contribution < -0.4 is 16.2 Å². The Labute approximate surface area is 198 Å². The molecule has 1 saturated heterocycles. The topological polar surface area (TPSA) is 129 Å². The van der Waals surface area contributed by atoms with E-state index in [1.54, 1.807) is 27.9 Å². The zero-order chi connectivity index (χ0) is 24.1. The van der Waals surface area contributed by atoms with Gasteiger partial charge in [-0.2, -0.15) is 5.10 Å².